The summed E-state index contributed by atoms with van der Waals surface area (Å²) in [6.07, 6.45) is 29.9. The van der Waals surface area contributed by atoms with Crippen LogP contribution in [0.15, 0.2) is 30.6 Å². The Hall–Kier alpha value is -1.70. The van der Waals surface area contributed by atoms with E-state index in [4.69, 9.17) is 9.97 Å². The van der Waals surface area contributed by atoms with Crippen LogP contribution in [0.2, 0.25) is 0 Å². The van der Waals surface area contributed by atoms with Crippen LogP contribution in [0.3, 0.4) is 0 Å². The zero-order valence-electron chi connectivity index (χ0n) is 22.3. The zero-order chi connectivity index (χ0) is 23.8. The molecule has 1 aliphatic rings. The minimum absolute atomic E-state index is 0.844. The number of unbranched alkanes of at least 4 members (excludes halogenated alkanes) is 13. The van der Waals surface area contributed by atoms with Crippen molar-refractivity contribution in [3.05, 3.63) is 47.3 Å². The van der Waals surface area contributed by atoms with Gasteiger partial charge in [-0.15, -0.1) is 0 Å². The van der Waals surface area contributed by atoms with Crippen molar-refractivity contribution in [3.8, 4) is 11.4 Å². The summed E-state index contributed by atoms with van der Waals surface area (Å²) < 4.78 is 0. The first-order chi connectivity index (χ1) is 16.8. The molecule has 2 aromatic rings. The molecule has 0 spiro atoms. The monoisotopic (exact) mass is 462 g/mol. The lowest BCUT2D eigenvalue weighted by Crippen LogP contribution is -1.99. The maximum Gasteiger partial charge on any atom is 0.159 e. The molecule has 0 amide bonds. The Morgan fingerprint density at radius 2 is 1.21 bits per heavy atom. The van der Waals surface area contributed by atoms with Gasteiger partial charge in [-0.25, -0.2) is 9.97 Å². The molecule has 0 N–H and O–H groups in total. The van der Waals surface area contributed by atoms with Crippen LogP contribution in [0.4, 0.5) is 0 Å². The van der Waals surface area contributed by atoms with Crippen molar-refractivity contribution in [1.29, 1.82) is 0 Å². The van der Waals surface area contributed by atoms with Gasteiger partial charge in [-0.05, 0) is 60.8 Å². The Labute approximate surface area is 210 Å². The minimum atomic E-state index is 0.844. The van der Waals surface area contributed by atoms with E-state index >= 15 is 0 Å². The highest BCUT2D eigenvalue weighted by molar-refractivity contribution is 5.58. The van der Waals surface area contributed by atoms with Gasteiger partial charge in [0.2, 0.25) is 0 Å². The number of fused-ring (bicyclic) bond motifs is 1. The lowest BCUT2D eigenvalue weighted by Gasteiger charge is -2.08. The zero-order valence-corrected chi connectivity index (χ0v) is 22.3. The molecule has 1 aliphatic carbocycles. The van der Waals surface area contributed by atoms with Crippen LogP contribution < -0.4 is 0 Å². The van der Waals surface area contributed by atoms with Gasteiger partial charge >= 0.3 is 0 Å². The number of hydrogen-bond acceptors (Lipinski definition) is 2. The summed E-state index contributed by atoms with van der Waals surface area (Å²) in [5, 5.41) is 0. The third-order valence-corrected chi connectivity index (χ3v) is 7.72. The van der Waals surface area contributed by atoms with Crippen molar-refractivity contribution in [3.63, 3.8) is 0 Å². The molecule has 1 aromatic carbocycles. The molecule has 3 rings (SSSR count). The Morgan fingerprint density at radius 3 is 1.85 bits per heavy atom. The Balaban J connectivity index is 1.35. The summed E-state index contributed by atoms with van der Waals surface area (Å²) in [7, 11) is 0. The second-order valence-electron chi connectivity index (χ2n) is 10.8. The number of rotatable bonds is 18. The van der Waals surface area contributed by atoms with Gasteiger partial charge in [-0.1, -0.05) is 116 Å². The third kappa shape index (κ3) is 9.51. The summed E-state index contributed by atoms with van der Waals surface area (Å²) in [6.45, 7) is 4.58. The van der Waals surface area contributed by atoms with E-state index in [1.165, 1.54) is 132 Å². The largest absolute Gasteiger partial charge is 0.236 e. The predicted octanol–water partition coefficient (Wildman–Crippen LogP) is 9.68. The van der Waals surface area contributed by atoms with Crippen molar-refractivity contribution in [2.24, 2.45) is 5.92 Å². The van der Waals surface area contributed by atoms with Gasteiger partial charge in [0.15, 0.2) is 5.82 Å². The predicted molar refractivity (Wildman–Crippen MR) is 147 cm³/mol. The number of aromatic nitrogens is 2. The van der Waals surface area contributed by atoms with Gasteiger partial charge in [0.1, 0.15) is 0 Å². The van der Waals surface area contributed by atoms with Crippen LogP contribution >= 0.6 is 0 Å². The van der Waals surface area contributed by atoms with Gasteiger partial charge < -0.3 is 0 Å². The highest BCUT2D eigenvalue weighted by atomic mass is 14.9. The molecule has 2 heteroatoms. The SMILES string of the molecule is CCCCCCCCCCCc1cnc(-c2ccc3c(c2)CC(CCCCCCCC)C3)nc1. The molecule has 0 bridgehead atoms. The third-order valence-electron chi connectivity index (χ3n) is 7.72. The molecule has 0 radical (unpaired) electrons. The Kier molecular flexibility index (Phi) is 12.7. The van der Waals surface area contributed by atoms with E-state index in [-0.39, 0.29) is 0 Å². The van der Waals surface area contributed by atoms with E-state index < -0.39 is 0 Å². The molecule has 0 saturated carbocycles. The topological polar surface area (TPSA) is 25.8 Å². The van der Waals surface area contributed by atoms with E-state index in [0.29, 0.717) is 0 Å². The maximum absolute atomic E-state index is 4.72. The summed E-state index contributed by atoms with van der Waals surface area (Å²) in [5.74, 6) is 1.73. The standard InChI is InChI=1S/C32H50N2/c1-3-5-7-9-11-12-13-15-17-19-28-25-33-32(34-26-28)30-21-20-29-22-27(23-31(29)24-30)18-16-14-10-8-6-4-2/h20-21,24-27H,3-19,22-23H2,1-2H3. The van der Waals surface area contributed by atoms with Crippen molar-refractivity contribution in [2.75, 3.05) is 0 Å². The molecule has 1 unspecified atom stereocenters. The fourth-order valence-electron chi connectivity index (χ4n) is 5.54. The molecule has 0 saturated heterocycles. The summed E-state index contributed by atoms with van der Waals surface area (Å²) in [6, 6.07) is 6.94. The van der Waals surface area contributed by atoms with E-state index in [0.717, 1.165) is 18.2 Å². The first-order valence-corrected chi connectivity index (χ1v) is 14.7. The van der Waals surface area contributed by atoms with Crippen LogP contribution in [0, 0.1) is 5.92 Å². The molecule has 1 aromatic heterocycles. The molecule has 0 aliphatic heterocycles. The minimum Gasteiger partial charge on any atom is -0.236 e. The Bertz CT molecular complexity index is 795. The van der Waals surface area contributed by atoms with Crippen LogP contribution in [-0.4, -0.2) is 9.97 Å². The lowest BCUT2D eigenvalue weighted by atomic mass is 9.97. The molecule has 188 valence electrons. The highest BCUT2D eigenvalue weighted by Crippen LogP contribution is 2.32. The number of aryl methyl sites for hydroxylation is 1. The molecule has 2 nitrogen and oxygen atoms in total. The van der Waals surface area contributed by atoms with Crippen molar-refractivity contribution in [2.45, 2.75) is 136 Å². The molecule has 34 heavy (non-hydrogen) atoms. The Morgan fingerprint density at radius 1 is 0.647 bits per heavy atom. The quantitative estimate of drug-likeness (QED) is 0.206. The number of nitrogens with zero attached hydrogens (tertiary/aromatic N) is 2. The van der Waals surface area contributed by atoms with Crippen LogP contribution in [0.5, 0.6) is 0 Å². The smallest absolute Gasteiger partial charge is 0.159 e. The molecule has 0 fully saturated rings. The van der Waals surface area contributed by atoms with Gasteiger partial charge in [0, 0.05) is 18.0 Å². The second-order valence-corrected chi connectivity index (χ2v) is 10.8. The average molecular weight is 463 g/mol. The summed E-state index contributed by atoms with van der Waals surface area (Å²) >= 11 is 0. The van der Waals surface area contributed by atoms with E-state index in [1.807, 2.05) is 0 Å². The van der Waals surface area contributed by atoms with Gasteiger partial charge in [-0.2, -0.15) is 0 Å². The maximum atomic E-state index is 4.72. The van der Waals surface area contributed by atoms with E-state index in [1.54, 1.807) is 5.56 Å². The van der Waals surface area contributed by atoms with Crippen LogP contribution in [-0.2, 0) is 19.3 Å². The fraction of sp³-hybridized carbons (Fsp3) is 0.688. The molecular weight excluding hydrogens is 412 g/mol. The molecular formula is C32H50N2. The second kappa shape index (κ2) is 16.1. The van der Waals surface area contributed by atoms with Crippen LogP contribution in [0.25, 0.3) is 11.4 Å². The lowest BCUT2D eigenvalue weighted by molar-refractivity contribution is 0.469. The van der Waals surface area contributed by atoms with Crippen molar-refractivity contribution in [1.82, 2.24) is 9.97 Å². The number of hydrogen-bond donors (Lipinski definition) is 0. The average Bonchev–Trinajstić information content (AvgIpc) is 3.27. The van der Waals surface area contributed by atoms with Gasteiger partial charge in [-0.3, -0.25) is 0 Å². The normalized spacial score (nSPS) is 15.1. The van der Waals surface area contributed by atoms with E-state index in [9.17, 15) is 0 Å². The number of benzene rings is 1. The van der Waals surface area contributed by atoms with Gasteiger partial charge in [0.25, 0.3) is 0 Å². The van der Waals surface area contributed by atoms with Gasteiger partial charge in [0.05, 0.1) is 0 Å². The molecule has 1 heterocycles. The summed E-state index contributed by atoms with van der Waals surface area (Å²) in [5.41, 5.74) is 5.57. The van der Waals surface area contributed by atoms with E-state index in [2.05, 4.69) is 44.4 Å². The highest BCUT2D eigenvalue weighted by Gasteiger charge is 2.21. The first kappa shape index (κ1) is 26.9. The van der Waals surface area contributed by atoms with Crippen molar-refractivity contribution < 1.29 is 0 Å². The van der Waals surface area contributed by atoms with Crippen molar-refractivity contribution >= 4 is 0 Å². The first-order valence-electron chi connectivity index (χ1n) is 14.7. The fourth-order valence-corrected chi connectivity index (χ4v) is 5.54. The molecule has 1 atom stereocenters. The summed E-state index contributed by atoms with van der Waals surface area (Å²) in [4.78, 5) is 9.45. The van der Waals surface area contributed by atoms with Crippen LogP contribution in [0.1, 0.15) is 133 Å².